The van der Waals surface area contributed by atoms with Crippen LogP contribution in [-0.4, -0.2) is 31.8 Å². The molecule has 0 fully saturated rings. The topological polar surface area (TPSA) is 89.9 Å². The molecule has 0 aromatic heterocycles. The van der Waals surface area contributed by atoms with Crippen LogP contribution in [0.2, 0.25) is 0 Å². The molecule has 0 aliphatic carbocycles. The summed E-state index contributed by atoms with van der Waals surface area (Å²) in [7, 11) is -10.4. The van der Waals surface area contributed by atoms with Gasteiger partial charge in [-0.2, -0.15) is 21.6 Å². The molecule has 0 rings (SSSR count). The van der Waals surface area contributed by atoms with Crippen LogP contribution in [0.15, 0.2) is 0 Å². The Balaban J connectivity index is 4.33. The van der Waals surface area contributed by atoms with E-state index in [1.807, 2.05) is 0 Å². The van der Waals surface area contributed by atoms with E-state index < -0.39 is 29.6 Å². The van der Waals surface area contributed by atoms with Gasteiger partial charge in [0, 0.05) is 0 Å². The van der Waals surface area contributed by atoms with Crippen LogP contribution in [0.25, 0.3) is 0 Å². The van der Waals surface area contributed by atoms with Crippen molar-refractivity contribution < 1.29 is 39.8 Å². The lowest BCUT2D eigenvalue weighted by atomic mass is 10.4. The van der Waals surface area contributed by atoms with Gasteiger partial charge in [-0.25, -0.2) is 0 Å². The smallest absolute Gasteiger partial charge is 0.323 e. The molecule has 0 bridgehead atoms. The Morgan fingerprint density at radius 2 is 1.88 bits per heavy atom. The normalized spacial score (nSPS) is 16.8. The van der Waals surface area contributed by atoms with Crippen molar-refractivity contribution in [3.05, 3.63) is 0 Å². The second-order valence-corrected chi connectivity index (χ2v) is 6.37. The average Bonchev–Trinajstić information content (AvgIpc) is 2.14. The highest BCUT2D eigenvalue weighted by Gasteiger charge is 2.48. The summed E-state index contributed by atoms with van der Waals surface area (Å²) in [5, 5.41) is 0. The molecule has 0 saturated carbocycles. The SMILES string of the molecule is CCCCOP(=O)(O)COS(=O)(=O)C(F)(F)F. The van der Waals surface area contributed by atoms with Crippen LogP contribution in [0.4, 0.5) is 13.2 Å². The molecular formula is C6H12F3O6PS. The Kier molecular flexibility index (Phi) is 6.09. The van der Waals surface area contributed by atoms with Crippen molar-refractivity contribution in [2.75, 3.05) is 13.0 Å². The molecule has 0 aromatic rings. The first-order valence-electron chi connectivity index (χ1n) is 4.44. The molecule has 1 atom stereocenters. The predicted octanol–water partition coefficient (Wildman–Crippen LogP) is 1.81. The van der Waals surface area contributed by atoms with Crippen LogP contribution in [0.3, 0.4) is 0 Å². The first kappa shape index (κ1) is 16.9. The monoisotopic (exact) mass is 300 g/mol. The van der Waals surface area contributed by atoms with Crippen molar-refractivity contribution in [2.45, 2.75) is 25.3 Å². The number of alkyl halides is 3. The molecule has 104 valence electrons. The molecule has 0 aliphatic rings. The summed E-state index contributed by atoms with van der Waals surface area (Å²) in [5.74, 6) is 0. The average molecular weight is 300 g/mol. The lowest BCUT2D eigenvalue weighted by Gasteiger charge is -2.13. The summed E-state index contributed by atoms with van der Waals surface area (Å²) in [6, 6.07) is 0. The second-order valence-electron chi connectivity index (χ2n) is 2.97. The molecule has 11 heteroatoms. The van der Waals surface area contributed by atoms with Crippen LogP contribution in [0.5, 0.6) is 0 Å². The summed E-state index contributed by atoms with van der Waals surface area (Å²) in [4.78, 5) is 8.95. The zero-order valence-corrected chi connectivity index (χ0v) is 10.5. The molecule has 0 aromatic carbocycles. The highest BCUT2D eigenvalue weighted by atomic mass is 32.2. The van der Waals surface area contributed by atoms with Crippen molar-refractivity contribution in [3.8, 4) is 0 Å². The second kappa shape index (κ2) is 6.14. The number of unbranched alkanes of at least 4 members (excludes halogenated alkanes) is 1. The molecule has 0 amide bonds. The van der Waals surface area contributed by atoms with Crippen LogP contribution in [0, 0.1) is 0 Å². The zero-order valence-electron chi connectivity index (χ0n) is 8.81. The van der Waals surface area contributed by atoms with E-state index >= 15 is 0 Å². The molecule has 1 unspecified atom stereocenters. The summed E-state index contributed by atoms with van der Waals surface area (Å²) < 4.78 is 74.9. The molecule has 1 N–H and O–H groups in total. The van der Waals surface area contributed by atoms with E-state index in [1.54, 1.807) is 6.92 Å². The van der Waals surface area contributed by atoms with Gasteiger partial charge in [0.1, 0.15) is 0 Å². The van der Waals surface area contributed by atoms with Gasteiger partial charge in [0.25, 0.3) is 0 Å². The molecule has 0 aliphatic heterocycles. The standard InChI is InChI=1S/C6H12F3O6PS/c1-2-3-4-14-16(10,11)5-15-17(12,13)6(7,8)9/h2-5H2,1H3,(H,10,11). The van der Waals surface area contributed by atoms with Crippen molar-refractivity contribution in [1.29, 1.82) is 0 Å². The van der Waals surface area contributed by atoms with Gasteiger partial charge in [0.2, 0.25) is 0 Å². The minimum Gasteiger partial charge on any atom is -0.323 e. The lowest BCUT2D eigenvalue weighted by molar-refractivity contribution is -0.0533. The third kappa shape index (κ3) is 6.37. The van der Waals surface area contributed by atoms with Crippen molar-refractivity contribution in [2.24, 2.45) is 0 Å². The van der Waals surface area contributed by atoms with Crippen LogP contribution in [-0.2, 0) is 23.4 Å². The molecule has 0 spiro atoms. The van der Waals surface area contributed by atoms with Crippen molar-refractivity contribution in [3.63, 3.8) is 0 Å². The van der Waals surface area contributed by atoms with E-state index in [4.69, 9.17) is 4.89 Å². The highest BCUT2D eigenvalue weighted by Crippen LogP contribution is 2.43. The number of halogens is 3. The quantitative estimate of drug-likeness (QED) is 0.334. The number of hydrogen-bond donors (Lipinski definition) is 1. The van der Waals surface area contributed by atoms with Crippen molar-refractivity contribution >= 4 is 17.7 Å². The van der Waals surface area contributed by atoms with Gasteiger partial charge >= 0.3 is 23.2 Å². The van der Waals surface area contributed by atoms with Gasteiger partial charge in [-0.1, -0.05) is 13.3 Å². The Bertz CT molecular complexity index is 378. The largest absolute Gasteiger partial charge is 0.523 e. The number of rotatable bonds is 7. The summed E-state index contributed by atoms with van der Waals surface area (Å²) >= 11 is 0. The van der Waals surface area contributed by atoms with Gasteiger partial charge in [-0.05, 0) is 6.42 Å². The fraction of sp³-hybridized carbons (Fsp3) is 1.00. The molecule has 0 radical (unpaired) electrons. The van der Waals surface area contributed by atoms with Crippen LogP contribution in [0.1, 0.15) is 19.8 Å². The summed E-state index contributed by atoms with van der Waals surface area (Å²) in [6.07, 6.45) is -0.503. The molecule has 0 heterocycles. The first-order chi connectivity index (χ1) is 7.52. The maximum atomic E-state index is 11.8. The van der Waals surface area contributed by atoms with Crippen LogP contribution < -0.4 is 0 Å². The number of hydrogen-bond acceptors (Lipinski definition) is 5. The zero-order chi connectivity index (χ0) is 13.7. The minimum atomic E-state index is -5.87. The Labute approximate surface area is 96.4 Å². The third-order valence-electron chi connectivity index (χ3n) is 1.45. The Morgan fingerprint density at radius 1 is 1.35 bits per heavy atom. The third-order valence-corrected chi connectivity index (χ3v) is 3.66. The van der Waals surface area contributed by atoms with E-state index in [1.165, 1.54) is 0 Å². The predicted molar refractivity (Wildman–Crippen MR) is 51.6 cm³/mol. The molecular weight excluding hydrogens is 288 g/mol. The Morgan fingerprint density at radius 3 is 2.29 bits per heavy atom. The van der Waals surface area contributed by atoms with E-state index in [0.29, 0.717) is 12.8 Å². The summed E-state index contributed by atoms with van der Waals surface area (Å²) in [6.45, 7) is 1.59. The molecule has 0 saturated heterocycles. The van der Waals surface area contributed by atoms with E-state index in [-0.39, 0.29) is 6.61 Å². The van der Waals surface area contributed by atoms with E-state index in [9.17, 15) is 26.2 Å². The van der Waals surface area contributed by atoms with Gasteiger partial charge in [-0.3, -0.25) is 8.75 Å². The van der Waals surface area contributed by atoms with E-state index in [2.05, 4.69) is 8.71 Å². The minimum absolute atomic E-state index is 0.167. The van der Waals surface area contributed by atoms with Crippen molar-refractivity contribution in [1.82, 2.24) is 0 Å². The lowest BCUT2D eigenvalue weighted by Crippen LogP contribution is -2.26. The maximum absolute atomic E-state index is 11.8. The molecule has 6 nitrogen and oxygen atoms in total. The summed E-state index contributed by atoms with van der Waals surface area (Å²) in [5.41, 5.74) is -5.63. The van der Waals surface area contributed by atoms with Gasteiger partial charge in [0.05, 0.1) is 6.61 Å². The highest BCUT2D eigenvalue weighted by molar-refractivity contribution is 7.87. The molecule has 17 heavy (non-hydrogen) atoms. The fourth-order valence-electron chi connectivity index (χ4n) is 0.592. The van der Waals surface area contributed by atoms with Gasteiger partial charge in [-0.15, -0.1) is 0 Å². The van der Waals surface area contributed by atoms with Gasteiger partial charge in [0.15, 0.2) is 6.35 Å². The fourth-order valence-corrected chi connectivity index (χ4v) is 2.30. The Hall–Kier alpha value is -0.150. The first-order valence-corrected chi connectivity index (χ1v) is 7.61. The van der Waals surface area contributed by atoms with Gasteiger partial charge < -0.3 is 9.42 Å². The van der Waals surface area contributed by atoms with E-state index in [0.717, 1.165) is 0 Å². The van der Waals surface area contributed by atoms with Crippen LogP contribution >= 0.6 is 7.60 Å². The maximum Gasteiger partial charge on any atom is 0.523 e.